The average molecular weight is 557 g/mol. The third-order valence-corrected chi connectivity index (χ3v) is 14.7. The molecule has 0 saturated heterocycles. The summed E-state index contributed by atoms with van der Waals surface area (Å²) in [6, 6.07) is 0. The van der Waals surface area contributed by atoms with Gasteiger partial charge in [0.25, 0.3) is 0 Å². The molecule has 0 spiro atoms. The Morgan fingerprint density at radius 2 is 1.60 bits per heavy atom. The molecule has 0 radical (unpaired) electrons. The molecule has 0 aromatic carbocycles. The maximum Gasteiger partial charge on any atom is 0.0656 e. The molecule has 4 saturated carbocycles. The Balaban J connectivity index is 1.48. The minimum Gasteiger partial charge on any atom is -0.393 e. The SMILES string of the molecule is CC(C)C1C=C(CCC2CCCCC2)C(C)C2C(O)C3C(C)C4(C)C(O)C(C(C)O)C(C)CC4(C)CC3(C)CC12. The molecule has 0 bridgehead atoms. The van der Waals surface area contributed by atoms with E-state index < -0.39 is 12.2 Å². The van der Waals surface area contributed by atoms with E-state index in [2.05, 4.69) is 61.5 Å². The fraction of sp³-hybridized carbons (Fsp3) is 0.946. The molecule has 0 aromatic heterocycles. The summed E-state index contributed by atoms with van der Waals surface area (Å²) < 4.78 is 0. The molecule has 4 fully saturated rings. The second-order valence-electron chi connectivity index (χ2n) is 17.3. The standard InChI is InChI=1S/C37H64O3/c1-21(2)28-17-27(16-15-26-13-11-10-12-14-26)23(4)31-29(28)19-35(7)20-36(8)18-22(3)30(25(6)38)34(40)37(36,9)24(5)32(35)33(31)39/h17,21-26,28-34,38-40H,10-16,18-20H2,1-9H3. The van der Waals surface area contributed by atoms with Gasteiger partial charge in [-0.25, -0.2) is 0 Å². The van der Waals surface area contributed by atoms with Crippen molar-refractivity contribution in [1.29, 1.82) is 0 Å². The predicted octanol–water partition coefficient (Wildman–Crippen LogP) is 8.26. The number of allylic oxidation sites excluding steroid dienone is 2. The highest BCUT2D eigenvalue weighted by Gasteiger charge is 2.70. The molecule has 14 unspecified atom stereocenters. The van der Waals surface area contributed by atoms with Gasteiger partial charge < -0.3 is 15.3 Å². The van der Waals surface area contributed by atoms with E-state index >= 15 is 0 Å². The molecule has 230 valence electrons. The minimum absolute atomic E-state index is 0.0109. The summed E-state index contributed by atoms with van der Waals surface area (Å²) in [6.45, 7) is 21.0. The first-order chi connectivity index (χ1) is 18.7. The molecular formula is C37H64O3. The summed E-state index contributed by atoms with van der Waals surface area (Å²) in [5.41, 5.74) is 1.36. The maximum atomic E-state index is 12.6. The molecule has 0 aromatic rings. The van der Waals surface area contributed by atoms with E-state index in [1.54, 1.807) is 5.57 Å². The Kier molecular flexibility index (Phi) is 8.51. The minimum atomic E-state index is -0.552. The van der Waals surface area contributed by atoms with Crippen molar-refractivity contribution < 1.29 is 15.3 Å². The van der Waals surface area contributed by atoms with E-state index in [0.29, 0.717) is 29.6 Å². The summed E-state index contributed by atoms with van der Waals surface area (Å²) in [7, 11) is 0. The summed E-state index contributed by atoms with van der Waals surface area (Å²) in [6.07, 6.45) is 14.2. The molecule has 14 atom stereocenters. The monoisotopic (exact) mass is 556 g/mol. The van der Waals surface area contributed by atoms with Gasteiger partial charge in [-0.05, 0) is 103 Å². The number of aliphatic hydroxyl groups is 3. The number of hydrogen-bond donors (Lipinski definition) is 3. The molecule has 0 heterocycles. The van der Waals surface area contributed by atoms with E-state index in [9.17, 15) is 15.3 Å². The van der Waals surface area contributed by atoms with Crippen molar-refractivity contribution in [3.63, 3.8) is 0 Å². The summed E-state index contributed by atoms with van der Waals surface area (Å²) >= 11 is 0. The predicted molar refractivity (Wildman–Crippen MR) is 166 cm³/mol. The van der Waals surface area contributed by atoms with Gasteiger partial charge in [-0.1, -0.05) is 99.1 Å². The van der Waals surface area contributed by atoms with E-state index in [1.165, 1.54) is 51.4 Å². The lowest BCUT2D eigenvalue weighted by Crippen LogP contribution is -2.70. The highest BCUT2D eigenvalue weighted by molar-refractivity contribution is 5.23. The van der Waals surface area contributed by atoms with Crippen molar-refractivity contribution in [3.8, 4) is 0 Å². The fourth-order valence-electron chi connectivity index (χ4n) is 12.7. The Bertz CT molecular complexity index is 934. The number of hydrogen-bond acceptors (Lipinski definition) is 3. The van der Waals surface area contributed by atoms with Gasteiger partial charge in [0, 0.05) is 11.3 Å². The van der Waals surface area contributed by atoms with Crippen molar-refractivity contribution in [2.24, 2.45) is 75.4 Å². The first-order valence-corrected chi connectivity index (χ1v) is 17.4. The van der Waals surface area contributed by atoms with Crippen LogP contribution in [0.5, 0.6) is 0 Å². The molecule has 0 aliphatic heterocycles. The van der Waals surface area contributed by atoms with Crippen molar-refractivity contribution in [2.75, 3.05) is 0 Å². The number of rotatable bonds is 5. The van der Waals surface area contributed by atoms with Gasteiger partial charge in [-0.2, -0.15) is 0 Å². The molecule has 3 N–H and O–H groups in total. The molecule has 0 amide bonds. The zero-order valence-corrected chi connectivity index (χ0v) is 27.5. The van der Waals surface area contributed by atoms with Crippen molar-refractivity contribution in [1.82, 2.24) is 0 Å². The Morgan fingerprint density at radius 3 is 2.20 bits per heavy atom. The molecular weight excluding hydrogens is 492 g/mol. The van der Waals surface area contributed by atoms with Crippen LogP contribution in [0.1, 0.15) is 127 Å². The van der Waals surface area contributed by atoms with E-state index in [4.69, 9.17) is 0 Å². The van der Waals surface area contributed by atoms with Gasteiger partial charge in [-0.15, -0.1) is 0 Å². The Morgan fingerprint density at radius 1 is 0.950 bits per heavy atom. The van der Waals surface area contributed by atoms with Gasteiger partial charge in [0.1, 0.15) is 0 Å². The zero-order valence-electron chi connectivity index (χ0n) is 27.5. The lowest BCUT2D eigenvalue weighted by atomic mass is 9.34. The molecule has 3 heteroatoms. The van der Waals surface area contributed by atoms with Crippen LogP contribution in [0, 0.1) is 75.4 Å². The second-order valence-corrected chi connectivity index (χ2v) is 17.3. The molecule has 5 aliphatic carbocycles. The first kappa shape index (κ1) is 31.1. The van der Waals surface area contributed by atoms with Crippen LogP contribution in [0.4, 0.5) is 0 Å². The van der Waals surface area contributed by atoms with Crippen LogP contribution < -0.4 is 0 Å². The number of aliphatic hydroxyl groups excluding tert-OH is 3. The van der Waals surface area contributed by atoms with Crippen molar-refractivity contribution >= 4 is 0 Å². The maximum absolute atomic E-state index is 12.6. The Hall–Kier alpha value is -0.380. The lowest BCUT2D eigenvalue weighted by Gasteiger charge is -2.72. The first-order valence-electron chi connectivity index (χ1n) is 17.4. The second kappa shape index (κ2) is 11.0. The van der Waals surface area contributed by atoms with Crippen LogP contribution in [0.25, 0.3) is 0 Å². The molecule has 5 aliphatic rings. The highest BCUT2D eigenvalue weighted by Crippen LogP contribution is 2.73. The fourth-order valence-corrected chi connectivity index (χ4v) is 12.7. The molecule has 3 nitrogen and oxygen atoms in total. The van der Waals surface area contributed by atoms with E-state index in [1.807, 2.05) is 6.92 Å². The molecule has 40 heavy (non-hydrogen) atoms. The van der Waals surface area contributed by atoms with Gasteiger partial charge in [-0.3, -0.25) is 0 Å². The highest BCUT2D eigenvalue weighted by atomic mass is 16.3. The smallest absolute Gasteiger partial charge is 0.0656 e. The average Bonchev–Trinajstić information content (AvgIpc) is 2.85. The largest absolute Gasteiger partial charge is 0.393 e. The molecule has 5 rings (SSSR count). The van der Waals surface area contributed by atoms with Gasteiger partial charge in [0.05, 0.1) is 18.3 Å². The quantitative estimate of drug-likeness (QED) is 0.299. The normalized spacial score (nSPS) is 52.4. The summed E-state index contributed by atoms with van der Waals surface area (Å²) in [5.74, 6) is 3.84. The van der Waals surface area contributed by atoms with Crippen molar-refractivity contribution in [3.05, 3.63) is 11.6 Å². The van der Waals surface area contributed by atoms with Crippen molar-refractivity contribution in [2.45, 2.75) is 145 Å². The summed E-state index contributed by atoms with van der Waals surface area (Å²) in [5, 5.41) is 35.4. The van der Waals surface area contributed by atoms with Gasteiger partial charge >= 0.3 is 0 Å². The lowest BCUT2D eigenvalue weighted by molar-refractivity contribution is -0.276. The van der Waals surface area contributed by atoms with Gasteiger partial charge in [0.2, 0.25) is 0 Å². The summed E-state index contributed by atoms with van der Waals surface area (Å²) in [4.78, 5) is 0. The van der Waals surface area contributed by atoms with E-state index in [0.717, 1.165) is 18.8 Å². The van der Waals surface area contributed by atoms with Crippen LogP contribution >= 0.6 is 0 Å². The van der Waals surface area contributed by atoms with Gasteiger partial charge in [0.15, 0.2) is 0 Å². The van der Waals surface area contributed by atoms with Crippen LogP contribution in [0.15, 0.2) is 11.6 Å². The Labute approximate surface area is 247 Å². The van der Waals surface area contributed by atoms with E-state index in [-0.39, 0.29) is 46.0 Å². The van der Waals surface area contributed by atoms with Crippen LogP contribution in [-0.2, 0) is 0 Å². The third kappa shape index (κ3) is 4.70. The number of fused-ring (bicyclic) bond motifs is 3. The topological polar surface area (TPSA) is 60.7 Å². The van der Waals surface area contributed by atoms with Crippen LogP contribution in [0.3, 0.4) is 0 Å². The zero-order chi connectivity index (χ0) is 29.4. The van der Waals surface area contributed by atoms with Crippen LogP contribution in [-0.4, -0.2) is 33.6 Å². The van der Waals surface area contributed by atoms with Crippen LogP contribution in [0.2, 0.25) is 0 Å². The third-order valence-electron chi connectivity index (χ3n) is 14.7.